The Morgan fingerprint density at radius 3 is 2.76 bits per heavy atom. The lowest BCUT2D eigenvalue weighted by Gasteiger charge is -2.16. The molecule has 3 heterocycles. The first-order valence-electron chi connectivity index (χ1n) is 6.13. The minimum Gasteiger partial charge on any atom is -0.479 e. The number of ether oxygens (including phenoxy) is 2. The van der Waals surface area contributed by atoms with Gasteiger partial charge < -0.3 is 24.8 Å². The molecule has 0 amide bonds. The number of aromatic nitrogens is 4. The zero-order chi connectivity index (χ0) is 15.1. The lowest BCUT2D eigenvalue weighted by atomic mass is 10.1. The summed E-state index contributed by atoms with van der Waals surface area (Å²) in [5, 5.41) is 28.9. The van der Waals surface area contributed by atoms with Crippen LogP contribution in [0, 0.1) is 0 Å². The maximum atomic E-state index is 10.0. The number of imidazole rings is 1. The van der Waals surface area contributed by atoms with Crippen molar-refractivity contribution in [1.82, 2.24) is 19.5 Å². The lowest BCUT2D eigenvalue weighted by Crippen LogP contribution is -2.33. The molecule has 1 fully saturated rings. The normalized spacial score (nSPS) is 29.2. The van der Waals surface area contributed by atoms with Crippen LogP contribution in [0.25, 0.3) is 11.2 Å². The van der Waals surface area contributed by atoms with E-state index in [4.69, 9.17) is 26.2 Å². The van der Waals surface area contributed by atoms with E-state index in [1.54, 1.807) is 0 Å². The molecular weight excluding hydrogens is 304 g/mol. The van der Waals surface area contributed by atoms with Crippen LogP contribution in [0.3, 0.4) is 0 Å². The average Bonchev–Trinajstić information content (AvgIpc) is 3.01. The molecule has 2 aromatic rings. The van der Waals surface area contributed by atoms with Crippen molar-refractivity contribution in [3.05, 3.63) is 11.6 Å². The summed E-state index contributed by atoms with van der Waals surface area (Å²) >= 11 is 5.82. The molecule has 1 aliphatic rings. The van der Waals surface area contributed by atoms with Crippen molar-refractivity contribution >= 4 is 22.8 Å². The Morgan fingerprint density at radius 1 is 1.38 bits per heavy atom. The lowest BCUT2D eigenvalue weighted by molar-refractivity contribution is -0.0511. The maximum absolute atomic E-state index is 10.0. The van der Waals surface area contributed by atoms with Crippen LogP contribution in [-0.4, -0.2) is 66.9 Å². The van der Waals surface area contributed by atoms with Gasteiger partial charge in [0, 0.05) is 0 Å². The maximum Gasteiger partial charge on any atom is 0.246 e. The Morgan fingerprint density at radius 2 is 2.14 bits per heavy atom. The summed E-state index contributed by atoms with van der Waals surface area (Å²) in [5.74, 6) is 0.190. The Balaban J connectivity index is 2.07. The van der Waals surface area contributed by atoms with E-state index >= 15 is 0 Å². The number of hydrogen-bond acceptors (Lipinski definition) is 8. The van der Waals surface area contributed by atoms with Crippen molar-refractivity contribution in [2.45, 2.75) is 24.5 Å². The van der Waals surface area contributed by atoms with Crippen LogP contribution in [0.2, 0.25) is 5.28 Å². The standard InChI is InChI=1S/C11H13ClN4O5/c1-20-9-5-8(14-11(12)15-9)16(3-13-5)10-7(19)6(18)4(2-17)21-10/h3-4,6-7,10,17-19H,2H2,1H3/t4-,6?,7+,10-/m1/s1. The molecular formula is C11H13ClN4O5. The largest absolute Gasteiger partial charge is 0.479 e. The second-order valence-corrected chi connectivity index (χ2v) is 4.89. The summed E-state index contributed by atoms with van der Waals surface area (Å²) in [6.45, 7) is -0.416. The Kier molecular flexibility index (Phi) is 3.68. The number of aliphatic hydroxyl groups is 3. The third-order valence-electron chi connectivity index (χ3n) is 3.35. The van der Waals surface area contributed by atoms with Gasteiger partial charge in [-0.1, -0.05) is 0 Å². The van der Waals surface area contributed by atoms with Crippen molar-refractivity contribution < 1.29 is 24.8 Å². The van der Waals surface area contributed by atoms with Crippen LogP contribution in [0.5, 0.6) is 5.88 Å². The van der Waals surface area contributed by atoms with Gasteiger partial charge in [0.1, 0.15) is 18.3 Å². The van der Waals surface area contributed by atoms with Crippen molar-refractivity contribution in [1.29, 1.82) is 0 Å². The van der Waals surface area contributed by atoms with E-state index in [-0.39, 0.29) is 11.2 Å². The number of halogens is 1. The first kappa shape index (κ1) is 14.4. The number of aliphatic hydroxyl groups excluding tert-OH is 3. The van der Waals surface area contributed by atoms with Gasteiger partial charge >= 0.3 is 0 Å². The molecule has 10 heteroatoms. The van der Waals surface area contributed by atoms with Gasteiger partial charge in [0.25, 0.3) is 0 Å². The minimum absolute atomic E-state index is 0.0483. The van der Waals surface area contributed by atoms with E-state index in [1.807, 2.05) is 0 Å². The first-order valence-corrected chi connectivity index (χ1v) is 6.51. The molecule has 21 heavy (non-hydrogen) atoms. The molecule has 1 saturated heterocycles. The summed E-state index contributed by atoms with van der Waals surface area (Å²) in [5.41, 5.74) is 0.640. The molecule has 2 aromatic heterocycles. The van der Waals surface area contributed by atoms with Crippen molar-refractivity contribution in [3.8, 4) is 5.88 Å². The highest BCUT2D eigenvalue weighted by Gasteiger charge is 2.44. The van der Waals surface area contributed by atoms with Crippen LogP contribution in [0.1, 0.15) is 6.23 Å². The third kappa shape index (κ3) is 2.23. The monoisotopic (exact) mass is 316 g/mol. The van der Waals surface area contributed by atoms with Crippen molar-refractivity contribution in [3.63, 3.8) is 0 Å². The van der Waals surface area contributed by atoms with E-state index in [1.165, 1.54) is 18.0 Å². The smallest absolute Gasteiger partial charge is 0.246 e. The molecule has 9 nitrogen and oxygen atoms in total. The molecule has 4 atom stereocenters. The van der Waals surface area contributed by atoms with Crippen molar-refractivity contribution in [2.75, 3.05) is 13.7 Å². The van der Waals surface area contributed by atoms with Gasteiger partial charge in [-0.15, -0.1) is 0 Å². The van der Waals surface area contributed by atoms with Crippen LogP contribution < -0.4 is 4.74 Å². The van der Waals surface area contributed by atoms with Gasteiger partial charge in [0.2, 0.25) is 11.2 Å². The Labute approximate surface area is 123 Å². The van der Waals surface area contributed by atoms with Gasteiger partial charge in [0.05, 0.1) is 20.0 Å². The van der Waals surface area contributed by atoms with Crippen LogP contribution in [0.15, 0.2) is 6.33 Å². The number of fused-ring (bicyclic) bond motifs is 1. The van der Waals surface area contributed by atoms with Crippen LogP contribution in [-0.2, 0) is 4.74 Å². The van der Waals surface area contributed by atoms with Gasteiger partial charge in [-0.05, 0) is 11.6 Å². The molecule has 114 valence electrons. The molecule has 3 N–H and O–H groups in total. The third-order valence-corrected chi connectivity index (χ3v) is 3.52. The SMILES string of the molecule is COc1nc(Cl)nc2c1ncn2[C@@H]1O[C@H](CO)C(O)[C@@H]1O. The molecule has 0 aliphatic carbocycles. The summed E-state index contributed by atoms with van der Waals surface area (Å²) in [6.07, 6.45) is -2.91. The summed E-state index contributed by atoms with van der Waals surface area (Å²) in [6, 6.07) is 0. The number of methoxy groups -OCH3 is 1. The quantitative estimate of drug-likeness (QED) is 0.623. The summed E-state index contributed by atoms with van der Waals surface area (Å²) in [7, 11) is 1.42. The predicted molar refractivity (Wildman–Crippen MR) is 69.9 cm³/mol. The topological polar surface area (TPSA) is 123 Å². The van der Waals surface area contributed by atoms with E-state index in [0.717, 1.165) is 0 Å². The van der Waals surface area contributed by atoms with E-state index in [2.05, 4.69) is 15.0 Å². The number of hydrogen-bond donors (Lipinski definition) is 3. The molecule has 3 rings (SSSR count). The minimum atomic E-state index is -1.24. The second kappa shape index (κ2) is 5.35. The molecule has 0 aromatic carbocycles. The highest BCUT2D eigenvalue weighted by atomic mass is 35.5. The Hall–Kier alpha value is -1.52. The summed E-state index contributed by atoms with van der Waals surface area (Å²) < 4.78 is 11.9. The fourth-order valence-electron chi connectivity index (χ4n) is 2.30. The fourth-order valence-corrected chi connectivity index (χ4v) is 2.46. The van der Waals surface area contributed by atoms with E-state index in [0.29, 0.717) is 11.2 Å². The zero-order valence-electron chi connectivity index (χ0n) is 10.9. The van der Waals surface area contributed by atoms with Gasteiger partial charge in [-0.3, -0.25) is 4.57 Å². The van der Waals surface area contributed by atoms with E-state index < -0.39 is 31.1 Å². The molecule has 1 unspecified atom stereocenters. The molecule has 0 radical (unpaired) electrons. The van der Waals surface area contributed by atoms with E-state index in [9.17, 15) is 10.2 Å². The predicted octanol–water partition coefficient (Wildman–Crippen LogP) is -0.900. The molecule has 1 aliphatic heterocycles. The van der Waals surface area contributed by atoms with Gasteiger partial charge in [-0.25, -0.2) is 4.98 Å². The van der Waals surface area contributed by atoms with Crippen LogP contribution >= 0.6 is 11.6 Å². The van der Waals surface area contributed by atoms with Crippen molar-refractivity contribution in [2.24, 2.45) is 0 Å². The fraction of sp³-hybridized carbons (Fsp3) is 0.545. The van der Waals surface area contributed by atoms with Crippen LogP contribution in [0.4, 0.5) is 0 Å². The first-order chi connectivity index (χ1) is 10.1. The highest BCUT2D eigenvalue weighted by molar-refractivity contribution is 6.28. The highest BCUT2D eigenvalue weighted by Crippen LogP contribution is 2.32. The molecule has 0 bridgehead atoms. The molecule has 0 spiro atoms. The van der Waals surface area contributed by atoms with Gasteiger partial charge in [-0.2, -0.15) is 9.97 Å². The average molecular weight is 317 g/mol. The Bertz CT molecular complexity index is 665. The zero-order valence-corrected chi connectivity index (χ0v) is 11.7. The number of rotatable bonds is 3. The van der Waals surface area contributed by atoms with Gasteiger partial charge in [0.15, 0.2) is 17.4 Å². The second-order valence-electron chi connectivity index (χ2n) is 4.55. The molecule has 0 saturated carbocycles. The number of nitrogens with zero attached hydrogens (tertiary/aromatic N) is 4. The summed E-state index contributed by atoms with van der Waals surface area (Å²) in [4.78, 5) is 12.0.